The Balaban J connectivity index is 1.57. The van der Waals surface area contributed by atoms with Crippen LogP contribution in [0.1, 0.15) is 39.5 Å². The SMILES string of the molecule is O=C(NC1CCSc2ccc(Cl)cc21)c1ccc2c(c1)CNC2. The summed E-state index contributed by atoms with van der Waals surface area (Å²) in [6.45, 7) is 1.73. The Hall–Kier alpha value is -1.49. The van der Waals surface area contributed by atoms with E-state index in [1.54, 1.807) is 0 Å². The van der Waals surface area contributed by atoms with Crippen LogP contribution < -0.4 is 10.6 Å². The minimum atomic E-state index is -0.0116. The first-order chi connectivity index (χ1) is 11.2. The smallest absolute Gasteiger partial charge is 0.251 e. The third-order valence-electron chi connectivity index (χ3n) is 4.42. The summed E-state index contributed by atoms with van der Waals surface area (Å²) in [5.41, 5.74) is 4.37. The lowest BCUT2D eigenvalue weighted by atomic mass is 10.0. The maximum absolute atomic E-state index is 12.6. The normalized spacial score (nSPS) is 19.1. The van der Waals surface area contributed by atoms with E-state index in [1.807, 2.05) is 48.2 Å². The highest BCUT2D eigenvalue weighted by molar-refractivity contribution is 7.99. The number of carbonyl (C=O) groups excluding carboxylic acids is 1. The molecule has 0 fully saturated rings. The predicted molar refractivity (Wildman–Crippen MR) is 94.0 cm³/mol. The quantitative estimate of drug-likeness (QED) is 0.867. The zero-order valence-corrected chi connectivity index (χ0v) is 14.1. The fraction of sp³-hybridized carbons (Fsp3) is 0.278. The molecule has 118 valence electrons. The molecule has 2 aromatic rings. The van der Waals surface area contributed by atoms with Gasteiger partial charge in [0.2, 0.25) is 0 Å². The van der Waals surface area contributed by atoms with Gasteiger partial charge >= 0.3 is 0 Å². The Morgan fingerprint density at radius 2 is 2.04 bits per heavy atom. The van der Waals surface area contributed by atoms with Crippen LogP contribution in [0, 0.1) is 0 Å². The second kappa shape index (κ2) is 6.19. The van der Waals surface area contributed by atoms with Gasteiger partial charge in [-0.1, -0.05) is 17.7 Å². The van der Waals surface area contributed by atoms with Crippen molar-refractivity contribution in [2.75, 3.05) is 5.75 Å². The average molecular weight is 345 g/mol. The van der Waals surface area contributed by atoms with Gasteiger partial charge in [-0.15, -0.1) is 11.8 Å². The molecule has 3 nitrogen and oxygen atoms in total. The number of hydrogen-bond acceptors (Lipinski definition) is 3. The van der Waals surface area contributed by atoms with Crippen molar-refractivity contribution < 1.29 is 4.79 Å². The van der Waals surface area contributed by atoms with Crippen molar-refractivity contribution in [3.63, 3.8) is 0 Å². The third kappa shape index (κ3) is 2.99. The number of rotatable bonds is 2. The number of halogens is 1. The van der Waals surface area contributed by atoms with Crippen molar-refractivity contribution >= 4 is 29.3 Å². The van der Waals surface area contributed by atoms with Crippen LogP contribution in [0.4, 0.5) is 0 Å². The van der Waals surface area contributed by atoms with Crippen LogP contribution in [0.3, 0.4) is 0 Å². The van der Waals surface area contributed by atoms with Gasteiger partial charge in [-0.3, -0.25) is 4.79 Å². The van der Waals surface area contributed by atoms with E-state index in [2.05, 4.69) is 10.6 Å². The van der Waals surface area contributed by atoms with E-state index >= 15 is 0 Å². The summed E-state index contributed by atoms with van der Waals surface area (Å²) in [5, 5.41) is 7.20. The Labute approximate surface area is 144 Å². The van der Waals surface area contributed by atoms with Gasteiger partial charge < -0.3 is 10.6 Å². The zero-order chi connectivity index (χ0) is 15.8. The van der Waals surface area contributed by atoms with E-state index in [-0.39, 0.29) is 11.9 Å². The van der Waals surface area contributed by atoms with Gasteiger partial charge in [0.15, 0.2) is 0 Å². The van der Waals surface area contributed by atoms with Gasteiger partial charge in [0.25, 0.3) is 5.91 Å². The Bertz CT molecular complexity index is 778. The Morgan fingerprint density at radius 1 is 1.17 bits per heavy atom. The minimum Gasteiger partial charge on any atom is -0.345 e. The molecule has 0 radical (unpaired) electrons. The van der Waals surface area contributed by atoms with Crippen LogP contribution in [-0.2, 0) is 13.1 Å². The number of amides is 1. The van der Waals surface area contributed by atoms with Crippen molar-refractivity contribution in [2.45, 2.75) is 30.4 Å². The molecule has 4 rings (SSSR count). The van der Waals surface area contributed by atoms with E-state index < -0.39 is 0 Å². The van der Waals surface area contributed by atoms with Crippen LogP contribution in [0.2, 0.25) is 5.02 Å². The molecule has 0 spiro atoms. The molecule has 0 saturated heterocycles. The molecule has 0 bridgehead atoms. The number of carbonyl (C=O) groups is 1. The van der Waals surface area contributed by atoms with Gasteiger partial charge in [0.1, 0.15) is 0 Å². The van der Waals surface area contributed by atoms with E-state index in [9.17, 15) is 4.79 Å². The summed E-state index contributed by atoms with van der Waals surface area (Å²) < 4.78 is 0. The van der Waals surface area contributed by atoms with Crippen LogP contribution in [0.25, 0.3) is 0 Å². The maximum atomic E-state index is 12.6. The van der Waals surface area contributed by atoms with Crippen molar-refractivity contribution in [2.24, 2.45) is 0 Å². The number of nitrogens with one attached hydrogen (secondary N) is 2. The summed E-state index contributed by atoms with van der Waals surface area (Å²) in [4.78, 5) is 13.8. The summed E-state index contributed by atoms with van der Waals surface area (Å²) >= 11 is 7.95. The molecular weight excluding hydrogens is 328 g/mol. The van der Waals surface area contributed by atoms with Crippen LogP contribution >= 0.6 is 23.4 Å². The van der Waals surface area contributed by atoms with E-state index in [1.165, 1.54) is 16.0 Å². The monoisotopic (exact) mass is 344 g/mol. The van der Waals surface area contributed by atoms with Crippen molar-refractivity contribution in [1.82, 2.24) is 10.6 Å². The molecular formula is C18H17ClN2OS. The van der Waals surface area contributed by atoms with E-state index in [4.69, 9.17) is 11.6 Å². The third-order valence-corrected chi connectivity index (χ3v) is 5.77. The Kier molecular flexibility index (Phi) is 4.05. The maximum Gasteiger partial charge on any atom is 0.251 e. The summed E-state index contributed by atoms with van der Waals surface area (Å²) in [6, 6.07) is 11.9. The molecule has 0 saturated carbocycles. The lowest BCUT2D eigenvalue weighted by Gasteiger charge is -2.26. The highest BCUT2D eigenvalue weighted by Crippen LogP contribution is 2.37. The molecule has 2 aromatic carbocycles. The molecule has 1 amide bonds. The van der Waals surface area contributed by atoms with Gasteiger partial charge in [0.05, 0.1) is 6.04 Å². The van der Waals surface area contributed by atoms with Crippen LogP contribution in [0.5, 0.6) is 0 Å². The molecule has 0 aromatic heterocycles. The summed E-state index contributed by atoms with van der Waals surface area (Å²) in [5.74, 6) is 0.996. The Morgan fingerprint density at radius 3 is 2.96 bits per heavy atom. The van der Waals surface area contributed by atoms with Crippen molar-refractivity contribution in [3.8, 4) is 0 Å². The van der Waals surface area contributed by atoms with Gasteiger partial charge in [-0.25, -0.2) is 0 Å². The van der Waals surface area contributed by atoms with E-state index in [0.717, 1.165) is 36.4 Å². The molecule has 1 atom stereocenters. The number of benzene rings is 2. The lowest BCUT2D eigenvalue weighted by Crippen LogP contribution is -2.30. The molecule has 0 aliphatic carbocycles. The van der Waals surface area contributed by atoms with Crippen molar-refractivity contribution in [3.05, 3.63) is 63.7 Å². The van der Waals surface area contributed by atoms with Crippen LogP contribution in [0.15, 0.2) is 41.3 Å². The second-order valence-electron chi connectivity index (χ2n) is 5.93. The van der Waals surface area contributed by atoms with E-state index in [0.29, 0.717) is 5.02 Å². The topological polar surface area (TPSA) is 41.1 Å². The van der Waals surface area contributed by atoms with Crippen molar-refractivity contribution in [1.29, 1.82) is 0 Å². The summed E-state index contributed by atoms with van der Waals surface area (Å²) in [7, 11) is 0. The molecule has 1 unspecified atom stereocenters. The first-order valence-electron chi connectivity index (χ1n) is 7.76. The van der Waals surface area contributed by atoms with Gasteiger partial charge in [-0.05, 0) is 53.4 Å². The first-order valence-corrected chi connectivity index (χ1v) is 9.13. The second-order valence-corrected chi connectivity index (χ2v) is 7.51. The predicted octanol–water partition coefficient (Wildman–Crippen LogP) is 3.91. The fourth-order valence-corrected chi connectivity index (χ4v) is 4.48. The van der Waals surface area contributed by atoms with Gasteiger partial charge in [-0.2, -0.15) is 0 Å². The molecule has 2 aliphatic rings. The highest BCUT2D eigenvalue weighted by atomic mass is 35.5. The molecule has 2 aliphatic heterocycles. The number of hydrogen-bond donors (Lipinski definition) is 2. The number of fused-ring (bicyclic) bond motifs is 2. The standard InChI is InChI=1S/C18H17ClN2OS/c19-14-3-4-17-15(8-14)16(5-6-23-17)21-18(22)11-1-2-12-9-20-10-13(12)7-11/h1-4,7-8,16,20H,5-6,9-10H2,(H,21,22). The average Bonchev–Trinajstić information content (AvgIpc) is 3.03. The first kappa shape index (κ1) is 15.1. The zero-order valence-electron chi connectivity index (χ0n) is 12.6. The van der Waals surface area contributed by atoms with Crippen LogP contribution in [-0.4, -0.2) is 11.7 Å². The largest absolute Gasteiger partial charge is 0.345 e. The lowest BCUT2D eigenvalue weighted by molar-refractivity contribution is 0.0935. The summed E-state index contributed by atoms with van der Waals surface area (Å²) in [6.07, 6.45) is 0.927. The molecule has 23 heavy (non-hydrogen) atoms. The molecule has 2 heterocycles. The van der Waals surface area contributed by atoms with Gasteiger partial charge in [0, 0.05) is 34.3 Å². The highest BCUT2D eigenvalue weighted by Gasteiger charge is 2.23. The molecule has 5 heteroatoms. The fourth-order valence-electron chi connectivity index (χ4n) is 3.19. The molecule has 2 N–H and O–H groups in total. The minimum absolute atomic E-state index is 0.0116. The number of thioether (sulfide) groups is 1.